The van der Waals surface area contributed by atoms with Crippen molar-refractivity contribution in [1.29, 1.82) is 0 Å². The van der Waals surface area contributed by atoms with E-state index in [1.54, 1.807) is 25.3 Å². The number of methoxy groups -OCH3 is 1. The number of hydrogen-bond donors (Lipinski definition) is 1. The fourth-order valence-electron chi connectivity index (χ4n) is 2.17. The maximum Gasteiger partial charge on any atom is 0.274 e. The van der Waals surface area contributed by atoms with Gasteiger partial charge in [-0.2, -0.15) is 0 Å². The molecule has 2 rings (SSSR count). The zero-order chi connectivity index (χ0) is 14.2. The fraction of sp³-hybridized carbons (Fsp3) is 0.533. The van der Waals surface area contributed by atoms with Gasteiger partial charge in [-0.15, -0.1) is 0 Å². The van der Waals surface area contributed by atoms with E-state index in [2.05, 4.69) is 5.48 Å². The summed E-state index contributed by atoms with van der Waals surface area (Å²) < 4.78 is 10.4. The summed E-state index contributed by atoms with van der Waals surface area (Å²) in [6, 6.07) is 7.02. The molecule has 110 valence electrons. The number of nitrogens with one attached hydrogen (secondary N) is 1. The van der Waals surface area contributed by atoms with Gasteiger partial charge < -0.3 is 9.47 Å². The first-order valence-corrected chi connectivity index (χ1v) is 6.97. The lowest BCUT2D eigenvalue weighted by Gasteiger charge is -2.12. The maximum atomic E-state index is 12.0. The lowest BCUT2D eigenvalue weighted by molar-refractivity contribution is -0.0125. The van der Waals surface area contributed by atoms with Crippen LogP contribution in [0, 0.1) is 0 Å². The van der Waals surface area contributed by atoms with Gasteiger partial charge in [-0.1, -0.05) is 18.9 Å². The largest absolute Gasteiger partial charge is 0.491 e. The van der Waals surface area contributed by atoms with Crippen molar-refractivity contribution >= 4 is 5.91 Å². The molecule has 1 aromatic carbocycles. The van der Waals surface area contributed by atoms with Crippen LogP contribution in [0.2, 0.25) is 0 Å². The fourth-order valence-corrected chi connectivity index (χ4v) is 2.17. The highest BCUT2D eigenvalue weighted by Gasteiger charge is 2.17. The normalized spacial score (nSPS) is 15.2. The minimum atomic E-state index is -0.242. The minimum absolute atomic E-state index is 0.153. The first-order valence-electron chi connectivity index (χ1n) is 6.97. The molecule has 0 unspecified atom stereocenters. The molecule has 0 saturated heterocycles. The first-order chi connectivity index (χ1) is 9.79. The Balaban J connectivity index is 1.83. The molecule has 0 atom stereocenters. The Morgan fingerprint density at radius 1 is 1.30 bits per heavy atom. The van der Waals surface area contributed by atoms with E-state index in [4.69, 9.17) is 14.3 Å². The van der Waals surface area contributed by atoms with Gasteiger partial charge in [0.05, 0.1) is 12.7 Å². The van der Waals surface area contributed by atoms with Crippen molar-refractivity contribution in [2.45, 2.75) is 31.8 Å². The Morgan fingerprint density at radius 2 is 2.10 bits per heavy atom. The summed E-state index contributed by atoms with van der Waals surface area (Å²) in [5.74, 6) is 0.407. The molecule has 0 bridgehead atoms. The number of carbonyl (C=O) groups excluding carboxylic acids is 1. The van der Waals surface area contributed by atoms with Crippen LogP contribution >= 0.6 is 0 Å². The number of hydroxylamine groups is 1. The van der Waals surface area contributed by atoms with Crippen molar-refractivity contribution < 1.29 is 19.1 Å². The molecule has 1 N–H and O–H groups in total. The number of hydrogen-bond acceptors (Lipinski definition) is 4. The standard InChI is InChI=1S/C15H21NO4/c1-18-9-10-19-14-8-4-5-12(11-14)15(17)16-20-13-6-2-3-7-13/h4-5,8,11,13H,2-3,6-7,9-10H2,1H3,(H,16,17). The third kappa shape index (κ3) is 4.51. The summed E-state index contributed by atoms with van der Waals surface area (Å²) in [6.07, 6.45) is 4.52. The zero-order valence-electron chi connectivity index (χ0n) is 11.8. The molecule has 0 aromatic heterocycles. The van der Waals surface area contributed by atoms with Gasteiger partial charge in [0.1, 0.15) is 12.4 Å². The number of benzene rings is 1. The van der Waals surface area contributed by atoms with E-state index in [0.717, 1.165) is 12.8 Å². The highest BCUT2D eigenvalue weighted by atomic mass is 16.7. The Bertz CT molecular complexity index is 430. The van der Waals surface area contributed by atoms with Gasteiger partial charge in [-0.25, -0.2) is 5.48 Å². The summed E-state index contributed by atoms with van der Waals surface area (Å²) in [7, 11) is 1.62. The van der Waals surface area contributed by atoms with E-state index in [1.807, 2.05) is 6.07 Å². The van der Waals surface area contributed by atoms with Crippen LogP contribution in [0.1, 0.15) is 36.0 Å². The molecule has 0 spiro atoms. The number of ether oxygens (including phenoxy) is 2. The summed E-state index contributed by atoms with van der Waals surface area (Å²) in [5.41, 5.74) is 3.04. The van der Waals surface area contributed by atoms with Crippen LogP contribution in [0.5, 0.6) is 5.75 Å². The summed E-state index contributed by atoms with van der Waals surface area (Å²) >= 11 is 0. The average molecular weight is 279 g/mol. The molecule has 0 heterocycles. The Kier molecular flexibility index (Phi) is 5.83. The van der Waals surface area contributed by atoms with Crippen LogP contribution in [0.4, 0.5) is 0 Å². The van der Waals surface area contributed by atoms with Crippen LogP contribution in [0.15, 0.2) is 24.3 Å². The van der Waals surface area contributed by atoms with Crippen molar-refractivity contribution in [3.8, 4) is 5.75 Å². The Hall–Kier alpha value is -1.59. The zero-order valence-corrected chi connectivity index (χ0v) is 11.8. The van der Waals surface area contributed by atoms with Gasteiger partial charge >= 0.3 is 0 Å². The highest BCUT2D eigenvalue weighted by molar-refractivity contribution is 5.93. The predicted octanol–water partition coefficient (Wildman–Crippen LogP) is 2.32. The second-order valence-electron chi connectivity index (χ2n) is 4.82. The molecule has 0 aliphatic heterocycles. The molecule has 1 saturated carbocycles. The van der Waals surface area contributed by atoms with Gasteiger partial charge in [0.2, 0.25) is 0 Å². The monoisotopic (exact) mass is 279 g/mol. The van der Waals surface area contributed by atoms with Gasteiger partial charge in [-0.3, -0.25) is 9.63 Å². The molecule has 1 amide bonds. The second kappa shape index (κ2) is 7.87. The summed E-state index contributed by atoms with van der Waals surface area (Å²) in [6.45, 7) is 0.974. The van der Waals surface area contributed by atoms with Gasteiger partial charge in [0.25, 0.3) is 5.91 Å². The van der Waals surface area contributed by atoms with Crippen molar-refractivity contribution in [1.82, 2.24) is 5.48 Å². The number of amides is 1. The molecule has 5 heteroatoms. The molecule has 1 aliphatic carbocycles. The van der Waals surface area contributed by atoms with E-state index in [-0.39, 0.29) is 12.0 Å². The lowest BCUT2D eigenvalue weighted by atomic mass is 10.2. The Morgan fingerprint density at radius 3 is 2.85 bits per heavy atom. The predicted molar refractivity (Wildman–Crippen MR) is 74.6 cm³/mol. The van der Waals surface area contributed by atoms with Crippen LogP contribution in [0.25, 0.3) is 0 Å². The molecule has 20 heavy (non-hydrogen) atoms. The Labute approximate surface area is 119 Å². The van der Waals surface area contributed by atoms with E-state index in [1.165, 1.54) is 12.8 Å². The molecular weight excluding hydrogens is 258 g/mol. The smallest absolute Gasteiger partial charge is 0.274 e. The van der Waals surface area contributed by atoms with E-state index in [0.29, 0.717) is 24.5 Å². The van der Waals surface area contributed by atoms with Crippen LogP contribution in [0.3, 0.4) is 0 Å². The van der Waals surface area contributed by atoms with Crippen molar-refractivity contribution in [2.75, 3.05) is 20.3 Å². The van der Waals surface area contributed by atoms with E-state index >= 15 is 0 Å². The topological polar surface area (TPSA) is 56.8 Å². The molecular formula is C15H21NO4. The van der Waals surface area contributed by atoms with Gasteiger partial charge in [-0.05, 0) is 31.0 Å². The van der Waals surface area contributed by atoms with Crippen LogP contribution in [-0.2, 0) is 9.57 Å². The first kappa shape index (κ1) is 14.8. The van der Waals surface area contributed by atoms with E-state index < -0.39 is 0 Å². The molecule has 0 radical (unpaired) electrons. The van der Waals surface area contributed by atoms with Crippen molar-refractivity contribution in [2.24, 2.45) is 0 Å². The summed E-state index contributed by atoms with van der Waals surface area (Å²) in [5, 5.41) is 0. The molecule has 1 fully saturated rings. The van der Waals surface area contributed by atoms with Crippen molar-refractivity contribution in [3.05, 3.63) is 29.8 Å². The minimum Gasteiger partial charge on any atom is -0.491 e. The van der Waals surface area contributed by atoms with Gasteiger partial charge in [0, 0.05) is 12.7 Å². The lowest BCUT2D eigenvalue weighted by Crippen LogP contribution is -2.28. The van der Waals surface area contributed by atoms with Gasteiger partial charge in [0.15, 0.2) is 0 Å². The third-order valence-corrected chi connectivity index (χ3v) is 3.27. The maximum absolute atomic E-state index is 12.0. The van der Waals surface area contributed by atoms with Crippen LogP contribution in [-0.4, -0.2) is 32.3 Å². The SMILES string of the molecule is COCCOc1cccc(C(=O)NOC2CCCC2)c1. The molecule has 5 nitrogen and oxygen atoms in total. The number of rotatable bonds is 7. The van der Waals surface area contributed by atoms with E-state index in [9.17, 15) is 4.79 Å². The third-order valence-electron chi connectivity index (χ3n) is 3.27. The number of carbonyl (C=O) groups is 1. The van der Waals surface area contributed by atoms with Crippen LogP contribution < -0.4 is 10.2 Å². The molecule has 1 aromatic rings. The van der Waals surface area contributed by atoms with Crippen molar-refractivity contribution in [3.63, 3.8) is 0 Å². The molecule has 1 aliphatic rings. The average Bonchev–Trinajstić information content (AvgIpc) is 2.99. The summed E-state index contributed by atoms with van der Waals surface area (Å²) in [4.78, 5) is 17.4. The second-order valence-corrected chi connectivity index (χ2v) is 4.82. The highest BCUT2D eigenvalue weighted by Crippen LogP contribution is 2.20. The quantitative estimate of drug-likeness (QED) is 0.614.